The Morgan fingerprint density at radius 3 is 2.88 bits per heavy atom. The number of hydrogen-bond acceptors (Lipinski definition) is 4. The van der Waals surface area contributed by atoms with E-state index in [2.05, 4.69) is 24.1 Å². The number of likely N-dealkylation sites (N-methyl/N-ethyl adjacent to an activating group) is 1. The van der Waals surface area contributed by atoms with Crippen LogP contribution in [0.4, 0.5) is 0 Å². The first-order valence-corrected chi connectivity index (χ1v) is 6.70. The monoisotopic (exact) mass is 244 g/mol. The second-order valence-electron chi connectivity index (χ2n) is 5.45. The minimum atomic E-state index is -0.177. The Balaban J connectivity index is 2.43. The van der Waals surface area contributed by atoms with E-state index in [-0.39, 0.29) is 12.1 Å². The molecule has 0 aliphatic carbocycles. The van der Waals surface area contributed by atoms with E-state index < -0.39 is 0 Å². The summed E-state index contributed by atoms with van der Waals surface area (Å²) < 4.78 is 5.24. The zero-order valence-electron chi connectivity index (χ0n) is 11.5. The molecule has 1 saturated heterocycles. The van der Waals surface area contributed by atoms with E-state index in [9.17, 15) is 5.11 Å². The van der Waals surface area contributed by atoms with Crippen molar-refractivity contribution in [2.24, 2.45) is 5.92 Å². The van der Waals surface area contributed by atoms with Crippen LogP contribution in [0.5, 0.6) is 0 Å². The summed E-state index contributed by atoms with van der Waals surface area (Å²) in [5, 5.41) is 12.9. The summed E-state index contributed by atoms with van der Waals surface area (Å²) in [6, 6.07) is 0. The summed E-state index contributed by atoms with van der Waals surface area (Å²) in [5.74, 6) is 0.651. The van der Waals surface area contributed by atoms with Gasteiger partial charge in [-0.15, -0.1) is 0 Å². The number of methoxy groups -OCH3 is 1. The highest BCUT2D eigenvalue weighted by Crippen LogP contribution is 2.18. The third-order valence-corrected chi connectivity index (χ3v) is 3.53. The molecule has 0 bridgehead atoms. The maximum absolute atomic E-state index is 9.50. The highest BCUT2D eigenvalue weighted by atomic mass is 16.5. The maximum atomic E-state index is 9.50. The molecule has 2 atom stereocenters. The van der Waals surface area contributed by atoms with Crippen LogP contribution < -0.4 is 5.32 Å². The first-order valence-electron chi connectivity index (χ1n) is 6.70. The Morgan fingerprint density at radius 1 is 1.53 bits per heavy atom. The standard InChI is InChI=1S/C13H28N2O2/c1-4-14-13(2,11-16)10-15-7-5-6-12(8-15)9-17-3/h12,14,16H,4-11H2,1-3H3. The lowest BCUT2D eigenvalue weighted by molar-refractivity contribution is 0.0613. The topological polar surface area (TPSA) is 44.7 Å². The highest BCUT2D eigenvalue weighted by molar-refractivity contribution is 4.87. The van der Waals surface area contributed by atoms with Crippen LogP contribution in [-0.2, 0) is 4.74 Å². The van der Waals surface area contributed by atoms with Crippen LogP contribution in [0, 0.1) is 5.92 Å². The van der Waals surface area contributed by atoms with Gasteiger partial charge in [0.15, 0.2) is 0 Å². The molecule has 2 N–H and O–H groups in total. The predicted molar refractivity (Wildman–Crippen MR) is 70.2 cm³/mol. The van der Waals surface area contributed by atoms with Gasteiger partial charge in [0.1, 0.15) is 0 Å². The summed E-state index contributed by atoms with van der Waals surface area (Å²) in [5.41, 5.74) is -0.177. The van der Waals surface area contributed by atoms with Crippen LogP contribution in [0.2, 0.25) is 0 Å². The fourth-order valence-corrected chi connectivity index (χ4v) is 2.75. The molecule has 0 aromatic carbocycles. The predicted octanol–water partition coefficient (Wildman–Crippen LogP) is 0.705. The van der Waals surface area contributed by atoms with Gasteiger partial charge in [0.05, 0.1) is 18.8 Å². The van der Waals surface area contributed by atoms with Crippen molar-refractivity contribution in [2.75, 3.05) is 46.5 Å². The lowest BCUT2D eigenvalue weighted by Crippen LogP contribution is -2.55. The number of nitrogens with one attached hydrogen (secondary N) is 1. The molecule has 4 heteroatoms. The van der Waals surface area contributed by atoms with Crippen LogP contribution in [0.1, 0.15) is 26.7 Å². The van der Waals surface area contributed by atoms with E-state index in [1.807, 2.05) is 0 Å². The van der Waals surface area contributed by atoms with E-state index in [4.69, 9.17) is 4.74 Å². The lowest BCUT2D eigenvalue weighted by Gasteiger charge is -2.39. The maximum Gasteiger partial charge on any atom is 0.0623 e. The first kappa shape index (κ1) is 14.9. The molecular weight excluding hydrogens is 216 g/mol. The van der Waals surface area contributed by atoms with Gasteiger partial charge in [-0.2, -0.15) is 0 Å². The minimum Gasteiger partial charge on any atom is -0.394 e. The second kappa shape index (κ2) is 7.31. The molecule has 1 fully saturated rings. The van der Waals surface area contributed by atoms with E-state index in [1.165, 1.54) is 12.8 Å². The number of hydrogen-bond donors (Lipinski definition) is 2. The summed E-state index contributed by atoms with van der Waals surface area (Å²) in [6.07, 6.45) is 2.50. The minimum absolute atomic E-state index is 0.177. The van der Waals surface area contributed by atoms with Crippen LogP contribution in [0.25, 0.3) is 0 Å². The molecule has 0 radical (unpaired) electrons. The van der Waals surface area contributed by atoms with Crippen molar-refractivity contribution in [3.8, 4) is 0 Å². The SMILES string of the molecule is CCNC(C)(CO)CN1CCCC(COC)C1. The lowest BCUT2D eigenvalue weighted by atomic mass is 9.96. The zero-order chi connectivity index (χ0) is 12.7. The number of ether oxygens (including phenoxy) is 1. The normalized spacial score (nSPS) is 25.8. The highest BCUT2D eigenvalue weighted by Gasteiger charge is 2.28. The number of nitrogens with zero attached hydrogens (tertiary/aromatic N) is 1. The van der Waals surface area contributed by atoms with Gasteiger partial charge in [-0.1, -0.05) is 6.92 Å². The number of aliphatic hydroxyl groups is 1. The third-order valence-electron chi connectivity index (χ3n) is 3.53. The fourth-order valence-electron chi connectivity index (χ4n) is 2.75. The van der Waals surface area contributed by atoms with E-state index in [1.54, 1.807) is 7.11 Å². The fraction of sp³-hybridized carbons (Fsp3) is 1.00. The van der Waals surface area contributed by atoms with E-state index in [0.29, 0.717) is 5.92 Å². The van der Waals surface area contributed by atoms with Gasteiger partial charge in [0, 0.05) is 20.2 Å². The molecule has 1 rings (SSSR count). The second-order valence-corrected chi connectivity index (χ2v) is 5.45. The molecule has 0 aromatic heterocycles. The summed E-state index contributed by atoms with van der Waals surface area (Å²) in [6.45, 7) is 9.26. The first-order chi connectivity index (χ1) is 8.13. The van der Waals surface area contributed by atoms with Gasteiger partial charge in [0.2, 0.25) is 0 Å². The molecule has 102 valence electrons. The third kappa shape index (κ3) is 4.92. The molecule has 1 heterocycles. The van der Waals surface area contributed by atoms with Gasteiger partial charge in [-0.05, 0) is 38.8 Å². The van der Waals surface area contributed by atoms with Crippen LogP contribution in [-0.4, -0.2) is 62.0 Å². The van der Waals surface area contributed by atoms with Gasteiger partial charge in [-0.3, -0.25) is 0 Å². The Hall–Kier alpha value is -0.160. The quantitative estimate of drug-likeness (QED) is 0.692. The summed E-state index contributed by atoms with van der Waals surface area (Å²) >= 11 is 0. The smallest absolute Gasteiger partial charge is 0.0623 e. The van der Waals surface area contributed by atoms with Crippen molar-refractivity contribution < 1.29 is 9.84 Å². The average Bonchev–Trinajstić information content (AvgIpc) is 2.30. The molecule has 4 nitrogen and oxygen atoms in total. The molecule has 0 spiro atoms. The van der Waals surface area contributed by atoms with Crippen molar-refractivity contribution in [1.29, 1.82) is 0 Å². The molecule has 0 amide bonds. The van der Waals surface area contributed by atoms with Crippen molar-refractivity contribution in [1.82, 2.24) is 10.2 Å². The number of rotatable bonds is 7. The Morgan fingerprint density at radius 2 is 2.29 bits per heavy atom. The summed E-state index contributed by atoms with van der Waals surface area (Å²) in [7, 11) is 1.77. The van der Waals surface area contributed by atoms with Crippen LogP contribution >= 0.6 is 0 Å². The number of piperidine rings is 1. The van der Waals surface area contributed by atoms with Gasteiger partial charge < -0.3 is 20.1 Å². The van der Waals surface area contributed by atoms with Crippen molar-refractivity contribution in [2.45, 2.75) is 32.2 Å². The largest absolute Gasteiger partial charge is 0.394 e. The van der Waals surface area contributed by atoms with Crippen molar-refractivity contribution in [3.05, 3.63) is 0 Å². The number of aliphatic hydroxyl groups excluding tert-OH is 1. The van der Waals surface area contributed by atoms with Crippen LogP contribution in [0.3, 0.4) is 0 Å². The zero-order valence-corrected chi connectivity index (χ0v) is 11.5. The Bertz CT molecular complexity index is 212. The van der Waals surface area contributed by atoms with E-state index in [0.717, 1.165) is 32.8 Å². The number of likely N-dealkylation sites (tertiary alicyclic amines) is 1. The van der Waals surface area contributed by atoms with Crippen molar-refractivity contribution in [3.63, 3.8) is 0 Å². The van der Waals surface area contributed by atoms with Gasteiger partial charge in [-0.25, -0.2) is 0 Å². The Labute approximate surface area is 105 Å². The summed E-state index contributed by atoms with van der Waals surface area (Å²) in [4.78, 5) is 2.45. The van der Waals surface area contributed by atoms with Crippen LogP contribution in [0.15, 0.2) is 0 Å². The average molecular weight is 244 g/mol. The molecule has 1 aliphatic heterocycles. The van der Waals surface area contributed by atoms with Gasteiger partial charge in [0.25, 0.3) is 0 Å². The molecule has 0 aromatic rings. The molecule has 2 unspecified atom stereocenters. The molecule has 0 saturated carbocycles. The van der Waals surface area contributed by atoms with E-state index >= 15 is 0 Å². The van der Waals surface area contributed by atoms with Crippen molar-refractivity contribution >= 4 is 0 Å². The molecule has 17 heavy (non-hydrogen) atoms. The Kier molecular flexibility index (Phi) is 6.41. The molecular formula is C13H28N2O2. The molecule has 1 aliphatic rings. The van der Waals surface area contributed by atoms with Gasteiger partial charge >= 0.3 is 0 Å².